The van der Waals surface area contributed by atoms with E-state index in [0.29, 0.717) is 5.82 Å². The molecule has 1 aliphatic carbocycles. The maximum absolute atomic E-state index is 12.2. The minimum atomic E-state index is -0.216. The quantitative estimate of drug-likeness (QED) is 0.656. The minimum absolute atomic E-state index is 0.0526. The van der Waals surface area contributed by atoms with Crippen LogP contribution in [0.4, 0.5) is 0 Å². The molecular formula is C16H16N6O2. The molecule has 1 saturated carbocycles. The van der Waals surface area contributed by atoms with E-state index >= 15 is 0 Å². The number of esters is 1. The highest BCUT2D eigenvalue weighted by Crippen LogP contribution is 2.48. The molecular weight excluding hydrogens is 308 g/mol. The van der Waals surface area contributed by atoms with Crippen molar-refractivity contribution in [2.75, 3.05) is 0 Å². The Morgan fingerprint density at radius 3 is 2.92 bits per heavy atom. The van der Waals surface area contributed by atoms with E-state index in [9.17, 15) is 4.79 Å². The van der Waals surface area contributed by atoms with E-state index in [0.717, 1.165) is 17.7 Å². The van der Waals surface area contributed by atoms with Crippen LogP contribution in [0, 0.1) is 5.92 Å². The summed E-state index contributed by atoms with van der Waals surface area (Å²) in [6.07, 6.45) is 4.54. The summed E-state index contributed by atoms with van der Waals surface area (Å²) in [6, 6.07) is 9.49. The second-order valence-corrected chi connectivity index (χ2v) is 5.85. The highest BCUT2D eigenvalue weighted by molar-refractivity contribution is 5.77. The number of aromatic nitrogens is 6. The van der Waals surface area contributed by atoms with Gasteiger partial charge in [0, 0.05) is 19.2 Å². The number of carbonyl (C=O) groups excluding carboxylic acids is 1. The summed E-state index contributed by atoms with van der Waals surface area (Å²) < 4.78 is 8.71. The Bertz CT molecular complexity index is 856. The molecule has 2 heterocycles. The van der Waals surface area contributed by atoms with Crippen LogP contribution in [0.15, 0.2) is 42.7 Å². The maximum Gasteiger partial charge on any atom is 0.310 e. The lowest BCUT2D eigenvalue weighted by atomic mass is 10.2. The molecule has 122 valence electrons. The lowest BCUT2D eigenvalue weighted by Crippen LogP contribution is -2.11. The van der Waals surface area contributed by atoms with Crippen LogP contribution in [0.25, 0.3) is 5.69 Å². The summed E-state index contributed by atoms with van der Waals surface area (Å²) in [6.45, 7) is 0.0526. The van der Waals surface area contributed by atoms with Crippen LogP contribution in [0.5, 0.6) is 0 Å². The average molecular weight is 324 g/mol. The van der Waals surface area contributed by atoms with Crippen molar-refractivity contribution in [3.63, 3.8) is 0 Å². The molecule has 2 atom stereocenters. The van der Waals surface area contributed by atoms with Gasteiger partial charge in [0.25, 0.3) is 0 Å². The van der Waals surface area contributed by atoms with E-state index in [-0.39, 0.29) is 24.4 Å². The Hall–Kier alpha value is -3.03. The van der Waals surface area contributed by atoms with Crippen LogP contribution in [0.2, 0.25) is 0 Å². The SMILES string of the molecule is Cn1cc(C2CC2C(=O)OCc2nnnn2-c2ccccc2)cn1. The van der Waals surface area contributed by atoms with Gasteiger partial charge >= 0.3 is 5.97 Å². The van der Waals surface area contributed by atoms with Crippen molar-refractivity contribution in [2.24, 2.45) is 13.0 Å². The highest BCUT2D eigenvalue weighted by atomic mass is 16.5. The first-order valence-corrected chi connectivity index (χ1v) is 7.70. The van der Waals surface area contributed by atoms with E-state index in [1.807, 2.05) is 43.6 Å². The zero-order chi connectivity index (χ0) is 16.5. The molecule has 0 amide bonds. The Balaban J connectivity index is 1.38. The van der Waals surface area contributed by atoms with Crippen LogP contribution in [0.3, 0.4) is 0 Å². The van der Waals surface area contributed by atoms with Gasteiger partial charge in [-0.25, -0.2) is 0 Å². The smallest absolute Gasteiger partial charge is 0.310 e. The molecule has 0 radical (unpaired) electrons. The molecule has 0 aliphatic heterocycles. The van der Waals surface area contributed by atoms with Crippen molar-refractivity contribution in [3.8, 4) is 5.69 Å². The molecule has 1 aliphatic rings. The zero-order valence-corrected chi connectivity index (χ0v) is 13.1. The van der Waals surface area contributed by atoms with Gasteiger partial charge in [0.15, 0.2) is 12.4 Å². The molecule has 8 heteroatoms. The van der Waals surface area contributed by atoms with Crippen molar-refractivity contribution in [3.05, 3.63) is 54.1 Å². The number of nitrogens with zero attached hydrogens (tertiary/aromatic N) is 6. The number of benzene rings is 1. The summed E-state index contributed by atoms with van der Waals surface area (Å²) in [7, 11) is 1.86. The van der Waals surface area contributed by atoms with Crippen LogP contribution in [-0.2, 0) is 23.2 Å². The predicted molar refractivity (Wildman–Crippen MR) is 83.0 cm³/mol. The summed E-state index contributed by atoms with van der Waals surface area (Å²) >= 11 is 0. The van der Waals surface area contributed by atoms with E-state index in [4.69, 9.17) is 4.74 Å². The van der Waals surface area contributed by atoms with E-state index in [1.54, 1.807) is 15.6 Å². The second-order valence-electron chi connectivity index (χ2n) is 5.85. The predicted octanol–water partition coefficient (Wildman–Crippen LogP) is 1.24. The summed E-state index contributed by atoms with van der Waals surface area (Å²) in [5.74, 6) is 0.381. The monoisotopic (exact) mass is 324 g/mol. The molecule has 1 aromatic carbocycles. The summed E-state index contributed by atoms with van der Waals surface area (Å²) in [5.41, 5.74) is 1.90. The van der Waals surface area contributed by atoms with E-state index < -0.39 is 0 Å². The maximum atomic E-state index is 12.2. The number of rotatable bonds is 5. The van der Waals surface area contributed by atoms with Gasteiger partial charge in [-0.3, -0.25) is 9.48 Å². The third-order valence-corrected chi connectivity index (χ3v) is 4.12. The largest absolute Gasteiger partial charge is 0.457 e. The number of ether oxygens (including phenoxy) is 1. The van der Waals surface area contributed by atoms with Crippen LogP contribution < -0.4 is 0 Å². The molecule has 0 saturated heterocycles. The van der Waals surface area contributed by atoms with Gasteiger partial charge in [-0.05, 0) is 34.5 Å². The average Bonchev–Trinajstić information content (AvgIpc) is 3.06. The second kappa shape index (κ2) is 5.88. The lowest BCUT2D eigenvalue weighted by Gasteiger charge is -2.05. The fraction of sp³-hybridized carbons (Fsp3) is 0.312. The number of aryl methyl sites for hydroxylation is 1. The van der Waals surface area contributed by atoms with Gasteiger partial charge in [-0.15, -0.1) is 5.10 Å². The van der Waals surface area contributed by atoms with E-state index in [2.05, 4.69) is 20.6 Å². The Kier molecular flexibility index (Phi) is 3.56. The Morgan fingerprint density at radius 1 is 1.33 bits per heavy atom. The molecule has 0 N–H and O–H groups in total. The number of carbonyl (C=O) groups is 1. The first kappa shape index (κ1) is 14.6. The van der Waals surface area contributed by atoms with Crippen molar-refractivity contribution in [1.29, 1.82) is 0 Å². The van der Waals surface area contributed by atoms with Gasteiger partial charge in [-0.2, -0.15) is 9.78 Å². The molecule has 0 bridgehead atoms. The van der Waals surface area contributed by atoms with E-state index in [1.165, 1.54) is 0 Å². The van der Waals surface area contributed by atoms with Crippen LogP contribution >= 0.6 is 0 Å². The highest BCUT2D eigenvalue weighted by Gasteiger charge is 2.46. The van der Waals surface area contributed by atoms with Crippen LogP contribution in [0.1, 0.15) is 23.7 Å². The van der Waals surface area contributed by atoms with Crippen molar-refractivity contribution in [1.82, 2.24) is 30.0 Å². The van der Waals surface area contributed by atoms with Gasteiger partial charge in [0.1, 0.15) is 0 Å². The van der Waals surface area contributed by atoms with Crippen molar-refractivity contribution >= 4 is 5.97 Å². The molecule has 0 spiro atoms. The number of para-hydroxylation sites is 1. The fourth-order valence-electron chi connectivity index (χ4n) is 2.76. The van der Waals surface area contributed by atoms with Crippen molar-refractivity contribution < 1.29 is 9.53 Å². The molecule has 2 unspecified atom stereocenters. The van der Waals surface area contributed by atoms with Crippen LogP contribution in [-0.4, -0.2) is 36.0 Å². The van der Waals surface area contributed by atoms with Gasteiger partial charge in [0.05, 0.1) is 17.8 Å². The fourth-order valence-corrected chi connectivity index (χ4v) is 2.76. The molecule has 1 fully saturated rings. The zero-order valence-electron chi connectivity index (χ0n) is 13.1. The minimum Gasteiger partial charge on any atom is -0.457 e. The number of tetrazole rings is 1. The first-order chi connectivity index (χ1) is 11.7. The van der Waals surface area contributed by atoms with Gasteiger partial charge in [0.2, 0.25) is 0 Å². The lowest BCUT2D eigenvalue weighted by molar-refractivity contribution is -0.146. The Labute approximate surface area is 138 Å². The molecule has 8 nitrogen and oxygen atoms in total. The normalized spacial score (nSPS) is 19.2. The third-order valence-electron chi connectivity index (χ3n) is 4.12. The van der Waals surface area contributed by atoms with Gasteiger partial charge in [-0.1, -0.05) is 18.2 Å². The third kappa shape index (κ3) is 2.78. The standard InChI is InChI=1S/C16H16N6O2/c1-21-9-11(8-17-21)13-7-14(13)16(23)24-10-15-18-19-20-22(15)12-5-3-2-4-6-12/h2-6,8-9,13-14H,7,10H2,1H3. The first-order valence-electron chi connectivity index (χ1n) is 7.70. The summed E-state index contributed by atoms with van der Waals surface area (Å²) in [4.78, 5) is 12.2. The van der Waals surface area contributed by atoms with Crippen molar-refractivity contribution in [2.45, 2.75) is 18.9 Å². The molecule has 3 aromatic rings. The number of hydrogen-bond acceptors (Lipinski definition) is 6. The molecule has 2 aromatic heterocycles. The number of hydrogen-bond donors (Lipinski definition) is 0. The Morgan fingerprint density at radius 2 is 2.17 bits per heavy atom. The van der Waals surface area contributed by atoms with Gasteiger partial charge < -0.3 is 4.74 Å². The topological polar surface area (TPSA) is 87.7 Å². The molecule has 24 heavy (non-hydrogen) atoms. The molecule has 4 rings (SSSR count). The summed E-state index contributed by atoms with van der Waals surface area (Å²) in [5, 5.41) is 15.7.